The Hall–Kier alpha value is -2.22. The monoisotopic (exact) mass is 605 g/mol. The molecular weight excluding hydrogens is 540 g/mol. The van der Waals surface area contributed by atoms with E-state index < -0.39 is 0 Å². The van der Waals surface area contributed by atoms with E-state index in [0.29, 0.717) is 12.1 Å². The number of nitrogens with zero attached hydrogens (tertiary/aromatic N) is 5. The predicted octanol–water partition coefficient (Wildman–Crippen LogP) is 6.72. The van der Waals surface area contributed by atoms with Gasteiger partial charge in [-0.25, -0.2) is 5.01 Å². The zero-order valence-electron chi connectivity index (χ0n) is 29.1. The molecule has 0 amide bonds. The maximum absolute atomic E-state index is 3.84. The Kier molecular flexibility index (Phi) is 17.1. The largest absolute Gasteiger partial charge is 0.304 e. The number of hydrazine groups is 2. The molecule has 0 fully saturated rings. The highest BCUT2D eigenvalue weighted by atomic mass is 15.8. The first-order valence-corrected chi connectivity index (χ1v) is 17.8. The second-order valence-corrected chi connectivity index (χ2v) is 12.3. The SMILES string of the molecule is CCN(CC)CCCC1=CN(CCC(Cc2ccccc2)N(CC)CC)NN(CCC(Cc2ccccc2)N(CC)CC)C1. The second kappa shape index (κ2) is 20.7. The van der Waals surface area contributed by atoms with Crippen molar-refractivity contribution < 1.29 is 0 Å². The predicted molar refractivity (Wildman–Crippen MR) is 189 cm³/mol. The molecule has 3 rings (SSSR count). The molecule has 0 saturated heterocycles. The summed E-state index contributed by atoms with van der Waals surface area (Å²) in [6, 6.07) is 23.2. The van der Waals surface area contributed by atoms with Crippen LogP contribution in [0.25, 0.3) is 0 Å². The van der Waals surface area contributed by atoms with Crippen LogP contribution in [0.1, 0.15) is 78.4 Å². The van der Waals surface area contributed by atoms with E-state index in [-0.39, 0.29) is 0 Å². The number of nitrogens with one attached hydrogen (secondary N) is 1. The first-order chi connectivity index (χ1) is 21.5. The fourth-order valence-corrected chi connectivity index (χ4v) is 6.88. The molecule has 2 aromatic rings. The Balaban J connectivity index is 1.70. The van der Waals surface area contributed by atoms with Crippen LogP contribution in [0.4, 0.5) is 0 Å². The van der Waals surface area contributed by atoms with Crippen molar-refractivity contribution in [3.8, 4) is 0 Å². The number of likely N-dealkylation sites (N-methyl/N-ethyl adjacent to an activating group) is 2. The Morgan fingerprint density at radius 2 is 1.16 bits per heavy atom. The Morgan fingerprint density at radius 3 is 1.64 bits per heavy atom. The van der Waals surface area contributed by atoms with Crippen LogP contribution in [-0.2, 0) is 12.8 Å². The van der Waals surface area contributed by atoms with Gasteiger partial charge in [-0.15, -0.1) is 0 Å². The summed E-state index contributed by atoms with van der Waals surface area (Å²) < 4.78 is 0. The van der Waals surface area contributed by atoms with Crippen LogP contribution in [0.5, 0.6) is 0 Å². The topological polar surface area (TPSA) is 28.2 Å². The van der Waals surface area contributed by atoms with E-state index in [9.17, 15) is 0 Å². The van der Waals surface area contributed by atoms with Crippen LogP contribution < -0.4 is 5.53 Å². The average molecular weight is 605 g/mol. The molecule has 2 unspecified atom stereocenters. The standard InChI is InChI=1S/C38H64N6/c1-7-40(8-2)27-19-24-36-32-43(28-25-37(41(9-3)10-4)30-34-20-15-13-16-21-34)39-44(33-36)29-26-38(42(11-5)12-6)31-35-22-17-14-18-23-35/h13-18,20-23,32,37-39H,7-12,19,24-31,33H2,1-6H3. The van der Waals surface area contributed by atoms with E-state index >= 15 is 0 Å². The number of rotatable bonds is 22. The van der Waals surface area contributed by atoms with Crippen molar-refractivity contribution in [3.63, 3.8) is 0 Å². The lowest BCUT2D eigenvalue weighted by molar-refractivity contribution is 0.0331. The van der Waals surface area contributed by atoms with E-state index in [4.69, 9.17) is 0 Å². The molecule has 2 atom stereocenters. The maximum Gasteiger partial charge on any atom is 0.0376 e. The summed E-state index contributed by atoms with van der Waals surface area (Å²) in [5, 5.41) is 4.90. The minimum Gasteiger partial charge on any atom is -0.304 e. The van der Waals surface area contributed by atoms with Gasteiger partial charge in [-0.3, -0.25) is 0 Å². The maximum atomic E-state index is 3.84. The molecule has 6 nitrogen and oxygen atoms in total. The van der Waals surface area contributed by atoms with Gasteiger partial charge < -0.3 is 19.7 Å². The fourth-order valence-electron chi connectivity index (χ4n) is 6.88. The van der Waals surface area contributed by atoms with E-state index in [0.717, 1.165) is 91.0 Å². The molecule has 6 heteroatoms. The zero-order chi connectivity index (χ0) is 31.6. The molecule has 44 heavy (non-hydrogen) atoms. The molecule has 0 radical (unpaired) electrons. The highest BCUT2D eigenvalue weighted by Crippen LogP contribution is 2.19. The lowest BCUT2D eigenvalue weighted by Crippen LogP contribution is -2.54. The van der Waals surface area contributed by atoms with Gasteiger partial charge in [0.05, 0.1) is 0 Å². The summed E-state index contributed by atoms with van der Waals surface area (Å²) in [6.07, 6.45) is 9.33. The van der Waals surface area contributed by atoms with Crippen LogP contribution in [0.15, 0.2) is 72.4 Å². The van der Waals surface area contributed by atoms with Crippen molar-refractivity contribution in [1.29, 1.82) is 0 Å². The quantitative estimate of drug-likeness (QED) is 0.161. The smallest absolute Gasteiger partial charge is 0.0376 e. The first-order valence-electron chi connectivity index (χ1n) is 17.8. The summed E-state index contributed by atoms with van der Waals surface area (Å²) in [5.74, 6) is 0. The molecule has 0 spiro atoms. The molecule has 1 N–H and O–H groups in total. The molecule has 1 aliphatic rings. The average Bonchev–Trinajstić information content (AvgIpc) is 3.06. The van der Waals surface area contributed by atoms with E-state index in [1.165, 1.54) is 24.1 Å². The van der Waals surface area contributed by atoms with Gasteiger partial charge in [0.1, 0.15) is 0 Å². The van der Waals surface area contributed by atoms with Gasteiger partial charge in [0.15, 0.2) is 0 Å². The first kappa shape index (κ1) is 36.3. The van der Waals surface area contributed by atoms with Gasteiger partial charge in [-0.2, -0.15) is 5.53 Å². The summed E-state index contributed by atoms with van der Waals surface area (Å²) in [4.78, 5) is 7.84. The van der Waals surface area contributed by atoms with Gasteiger partial charge in [0.2, 0.25) is 0 Å². The minimum atomic E-state index is 0.530. The third-order valence-corrected chi connectivity index (χ3v) is 9.59. The molecule has 2 aromatic carbocycles. The lowest BCUT2D eigenvalue weighted by Gasteiger charge is -2.39. The highest BCUT2D eigenvalue weighted by molar-refractivity contribution is 5.17. The molecule has 0 aliphatic carbocycles. The van der Waals surface area contributed by atoms with Gasteiger partial charge in [-0.05, 0) is 101 Å². The van der Waals surface area contributed by atoms with Crippen molar-refractivity contribution in [2.75, 3.05) is 65.4 Å². The fraction of sp³-hybridized carbons (Fsp3) is 0.632. The number of hydrogen-bond acceptors (Lipinski definition) is 6. The Morgan fingerprint density at radius 1 is 0.659 bits per heavy atom. The highest BCUT2D eigenvalue weighted by Gasteiger charge is 2.23. The molecule has 0 bridgehead atoms. The van der Waals surface area contributed by atoms with E-state index in [1.807, 2.05) is 0 Å². The third-order valence-electron chi connectivity index (χ3n) is 9.59. The summed E-state index contributed by atoms with van der Waals surface area (Å²) in [6.45, 7) is 24.7. The van der Waals surface area contributed by atoms with Gasteiger partial charge in [0, 0.05) is 37.9 Å². The van der Waals surface area contributed by atoms with Crippen LogP contribution in [0.3, 0.4) is 0 Å². The lowest BCUT2D eigenvalue weighted by atomic mass is 10.0. The van der Waals surface area contributed by atoms with E-state index in [2.05, 4.69) is 139 Å². The van der Waals surface area contributed by atoms with Crippen molar-refractivity contribution in [3.05, 3.63) is 83.6 Å². The molecule has 246 valence electrons. The van der Waals surface area contributed by atoms with Crippen molar-refractivity contribution in [2.24, 2.45) is 0 Å². The van der Waals surface area contributed by atoms with Crippen LogP contribution in [-0.4, -0.2) is 102 Å². The van der Waals surface area contributed by atoms with E-state index in [1.54, 1.807) is 5.57 Å². The Bertz CT molecular complexity index is 1020. The van der Waals surface area contributed by atoms with Crippen LogP contribution in [0.2, 0.25) is 0 Å². The van der Waals surface area contributed by atoms with Crippen molar-refractivity contribution >= 4 is 0 Å². The number of benzene rings is 2. The third kappa shape index (κ3) is 12.3. The van der Waals surface area contributed by atoms with Gasteiger partial charge in [0.25, 0.3) is 0 Å². The molecule has 1 aliphatic heterocycles. The molecule has 1 heterocycles. The zero-order valence-corrected chi connectivity index (χ0v) is 29.1. The van der Waals surface area contributed by atoms with Gasteiger partial charge >= 0.3 is 0 Å². The number of hydrogen-bond donors (Lipinski definition) is 1. The molecule has 0 aromatic heterocycles. The van der Waals surface area contributed by atoms with Crippen LogP contribution >= 0.6 is 0 Å². The van der Waals surface area contributed by atoms with Crippen LogP contribution in [0, 0.1) is 0 Å². The van der Waals surface area contributed by atoms with Gasteiger partial charge in [-0.1, -0.05) is 102 Å². The second-order valence-electron chi connectivity index (χ2n) is 12.3. The molecular formula is C38H64N6. The molecule has 0 saturated carbocycles. The summed E-state index contributed by atoms with van der Waals surface area (Å²) in [5.41, 5.74) is 8.27. The summed E-state index contributed by atoms with van der Waals surface area (Å²) >= 11 is 0. The minimum absolute atomic E-state index is 0.530. The van der Waals surface area contributed by atoms with Crippen molar-refractivity contribution in [2.45, 2.75) is 92.2 Å². The Labute approximate surface area is 271 Å². The van der Waals surface area contributed by atoms with Crippen molar-refractivity contribution in [1.82, 2.24) is 30.3 Å². The normalized spacial score (nSPS) is 15.8. The summed E-state index contributed by atoms with van der Waals surface area (Å²) in [7, 11) is 0.